The Bertz CT molecular complexity index is 363. The molecule has 0 aliphatic rings. The van der Waals surface area contributed by atoms with Crippen LogP contribution in [-0.2, 0) is 6.54 Å². The molecule has 1 aromatic carbocycles. The van der Waals surface area contributed by atoms with Crippen LogP contribution in [0.5, 0.6) is 0 Å². The quantitative estimate of drug-likeness (QED) is 0.317. The maximum absolute atomic E-state index is 11.3. The van der Waals surface area contributed by atoms with Crippen LogP contribution in [0, 0.1) is 10.4 Å². The van der Waals surface area contributed by atoms with Gasteiger partial charge >= 0.3 is 29.6 Å². The van der Waals surface area contributed by atoms with E-state index in [1.54, 1.807) is 0 Å². The molecule has 0 unspecified atom stereocenters. The summed E-state index contributed by atoms with van der Waals surface area (Å²) in [5, 5.41) is 25.4. The fraction of sp³-hybridized carbons (Fsp3) is 0.455. The Hall–Kier alpha value is -0.780. The third-order valence-corrected chi connectivity index (χ3v) is 2.23. The minimum atomic E-state index is -0.453. The van der Waals surface area contributed by atoms with Gasteiger partial charge in [-0.15, -0.1) is 5.01 Å². The van der Waals surface area contributed by atoms with Gasteiger partial charge in [-0.3, -0.25) is 0 Å². The largest absolute Gasteiger partial charge is 1.00 e. The van der Waals surface area contributed by atoms with Gasteiger partial charge in [0.1, 0.15) is 6.54 Å². The predicted molar refractivity (Wildman–Crippen MR) is 61.2 cm³/mol. The summed E-state index contributed by atoms with van der Waals surface area (Å²) in [6, 6.07) is 9.48. The van der Waals surface area contributed by atoms with Crippen molar-refractivity contribution in [3.63, 3.8) is 0 Å². The molecule has 5 nitrogen and oxygen atoms in total. The van der Waals surface area contributed by atoms with Crippen LogP contribution >= 0.6 is 0 Å². The van der Waals surface area contributed by atoms with Gasteiger partial charge in [-0.2, -0.15) is 0 Å². The van der Waals surface area contributed by atoms with Crippen molar-refractivity contribution in [2.24, 2.45) is 5.28 Å². The van der Waals surface area contributed by atoms with Gasteiger partial charge < -0.3 is 10.4 Å². The molecule has 0 bridgehead atoms. The van der Waals surface area contributed by atoms with Crippen LogP contribution in [0.2, 0.25) is 0 Å². The summed E-state index contributed by atoms with van der Waals surface area (Å²) in [7, 11) is 0. The number of hydrogen-bond donors (Lipinski definition) is 0. The summed E-state index contributed by atoms with van der Waals surface area (Å²) in [6.07, 6.45) is 0. The second kappa shape index (κ2) is 6.83. The first-order valence-electron chi connectivity index (χ1n) is 5.07. The average molecular weight is 245 g/mol. The van der Waals surface area contributed by atoms with Gasteiger partial charge in [-0.25, -0.2) is 0 Å². The molecule has 0 saturated heterocycles. The SMILES string of the molecule is CC(C)(C)N(Cc1ccccc1)[N+]([O-])=N[O-].[Na+]. The Morgan fingerprint density at radius 3 is 2.18 bits per heavy atom. The summed E-state index contributed by atoms with van der Waals surface area (Å²) in [4.78, 5) is 0.104. The molecular weight excluding hydrogens is 229 g/mol. The molecule has 0 N–H and O–H groups in total. The summed E-state index contributed by atoms with van der Waals surface area (Å²) in [5.74, 6) is 0. The van der Waals surface area contributed by atoms with Gasteiger partial charge in [0.2, 0.25) is 0 Å². The number of nitrogens with zero attached hydrogens (tertiary/aromatic N) is 3. The van der Waals surface area contributed by atoms with E-state index < -0.39 is 5.54 Å². The minimum Gasteiger partial charge on any atom is -0.737 e. The standard InChI is InChI=1S/C11H17N3O2.Na/c1-11(2,3)13(14(16)12-15)9-10-7-5-4-6-8-10;/h4-8,15H,9H2,1-3H3;/q;+1/p-1. The van der Waals surface area contributed by atoms with Gasteiger partial charge in [0.15, 0.2) is 0 Å². The molecular formula is C11H16N3NaO2. The van der Waals surface area contributed by atoms with E-state index in [0.29, 0.717) is 6.54 Å². The summed E-state index contributed by atoms with van der Waals surface area (Å²) in [6.45, 7) is 5.92. The van der Waals surface area contributed by atoms with Crippen molar-refractivity contribution in [1.29, 1.82) is 0 Å². The van der Waals surface area contributed by atoms with Crippen molar-refractivity contribution in [3.8, 4) is 0 Å². The number of rotatable bonds is 3. The average Bonchev–Trinajstić information content (AvgIpc) is 2.25. The van der Waals surface area contributed by atoms with Crippen LogP contribution in [0.4, 0.5) is 0 Å². The molecule has 0 spiro atoms. The second-order valence-corrected chi connectivity index (χ2v) is 4.55. The van der Waals surface area contributed by atoms with E-state index in [2.05, 4.69) is 5.28 Å². The van der Waals surface area contributed by atoms with E-state index in [0.717, 1.165) is 5.56 Å². The van der Waals surface area contributed by atoms with Gasteiger partial charge in [0.05, 0.1) is 5.54 Å². The van der Waals surface area contributed by atoms with E-state index >= 15 is 0 Å². The van der Waals surface area contributed by atoms with Crippen LogP contribution in [0.3, 0.4) is 0 Å². The van der Waals surface area contributed by atoms with Crippen molar-refractivity contribution < 1.29 is 34.5 Å². The Kier molecular flexibility index (Phi) is 6.52. The zero-order valence-electron chi connectivity index (χ0n) is 10.8. The molecule has 1 rings (SSSR count). The number of hydrogen-bond acceptors (Lipinski definition) is 3. The van der Waals surface area contributed by atoms with Gasteiger partial charge in [-0.05, 0) is 31.6 Å². The zero-order valence-corrected chi connectivity index (χ0v) is 12.8. The van der Waals surface area contributed by atoms with E-state index in [-0.39, 0.29) is 34.5 Å². The van der Waals surface area contributed by atoms with E-state index in [9.17, 15) is 10.4 Å². The molecule has 88 valence electrons. The monoisotopic (exact) mass is 245 g/mol. The third-order valence-electron chi connectivity index (χ3n) is 2.23. The first kappa shape index (κ1) is 16.2. The van der Waals surface area contributed by atoms with Crippen LogP contribution in [-0.4, -0.2) is 15.5 Å². The second-order valence-electron chi connectivity index (χ2n) is 4.55. The Balaban J connectivity index is 0.00000256. The molecule has 0 saturated carbocycles. The maximum atomic E-state index is 11.3. The maximum Gasteiger partial charge on any atom is 1.00 e. The molecule has 0 fully saturated rings. The molecule has 0 radical (unpaired) electrons. The van der Waals surface area contributed by atoms with Crippen molar-refractivity contribution >= 4 is 0 Å². The molecule has 1 aromatic rings. The molecule has 0 atom stereocenters. The Morgan fingerprint density at radius 2 is 1.76 bits per heavy atom. The summed E-state index contributed by atoms with van der Waals surface area (Å²) >= 11 is 0. The molecule has 0 amide bonds. The van der Waals surface area contributed by atoms with E-state index in [4.69, 9.17) is 0 Å². The van der Waals surface area contributed by atoms with Crippen LogP contribution in [0.15, 0.2) is 35.6 Å². The predicted octanol–water partition coefficient (Wildman–Crippen LogP) is -0.334. The molecule has 0 aliphatic heterocycles. The van der Waals surface area contributed by atoms with Crippen LogP contribution < -0.4 is 29.6 Å². The first-order chi connectivity index (χ1) is 7.45. The van der Waals surface area contributed by atoms with Crippen molar-refractivity contribution in [2.75, 3.05) is 0 Å². The van der Waals surface area contributed by atoms with Crippen molar-refractivity contribution in [2.45, 2.75) is 32.9 Å². The number of hydrazine groups is 1. The fourth-order valence-corrected chi connectivity index (χ4v) is 1.35. The van der Waals surface area contributed by atoms with Crippen molar-refractivity contribution in [1.82, 2.24) is 5.01 Å². The zero-order chi connectivity index (χ0) is 12.2. The van der Waals surface area contributed by atoms with E-state index in [1.165, 1.54) is 5.01 Å². The molecule has 6 heteroatoms. The van der Waals surface area contributed by atoms with Crippen molar-refractivity contribution in [3.05, 3.63) is 46.3 Å². The molecule has 0 heterocycles. The summed E-state index contributed by atoms with van der Waals surface area (Å²) < 4.78 is 0. The molecule has 0 aliphatic carbocycles. The summed E-state index contributed by atoms with van der Waals surface area (Å²) in [5.41, 5.74) is 0.507. The number of benzene rings is 1. The normalized spacial score (nSPS) is 11.8. The van der Waals surface area contributed by atoms with Crippen LogP contribution in [0.1, 0.15) is 26.3 Å². The Morgan fingerprint density at radius 1 is 1.24 bits per heavy atom. The Labute approximate surface area is 124 Å². The van der Waals surface area contributed by atoms with E-state index in [1.807, 2.05) is 51.1 Å². The van der Waals surface area contributed by atoms with Gasteiger partial charge in [0.25, 0.3) is 0 Å². The van der Waals surface area contributed by atoms with Gasteiger partial charge in [-0.1, -0.05) is 30.3 Å². The fourth-order valence-electron chi connectivity index (χ4n) is 1.35. The third kappa shape index (κ3) is 4.93. The van der Waals surface area contributed by atoms with Crippen LogP contribution in [0.25, 0.3) is 0 Å². The topological polar surface area (TPSA) is 64.7 Å². The van der Waals surface area contributed by atoms with Gasteiger partial charge in [0, 0.05) is 4.97 Å². The molecule has 17 heavy (non-hydrogen) atoms. The smallest absolute Gasteiger partial charge is 0.737 e. The first-order valence-corrected chi connectivity index (χ1v) is 5.07. The minimum absolute atomic E-state index is 0. The molecule has 0 aromatic heterocycles.